The van der Waals surface area contributed by atoms with E-state index in [2.05, 4.69) is 26.3 Å². The number of aryl methyl sites for hydroxylation is 1. The average molecular weight is 358 g/mol. The van der Waals surface area contributed by atoms with Crippen LogP contribution in [0.2, 0.25) is 0 Å². The molecule has 118 valence electrons. The predicted molar refractivity (Wildman–Crippen MR) is 85.7 cm³/mol. The van der Waals surface area contributed by atoms with Crippen molar-refractivity contribution >= 4 is 22.0 Å². The standard InChI is InChI=1S/C15H24BrN3O2/c1-15(2,3)21-14(20)17-8-9-19-13(10-16)11-6-4-5-7-12(11)18-19/h4-10H2,1-3H3,(H,17,20). The van der Waals surface area contributed by atoms with Gasteiger partial charge in [-0.2, -0.15) is 5.10 Å². The second kappa shape index (κ2) is 6.81. The third-order valence-corrected chi connectivity index (χ3v) is 3.99. The van der Waals surface area contributed by atoms with E-state index in [0.717, 1.165) is 18.2 Å². The first-order valence-corrected chi connectivity index (χ1v) is 8.63. The van der Waals surface area contributed by atoms with Gasteiger partial charge in [0.2, 0.25) is 0 Å². The highest BCUT2D eigenvalue weighted by atomic mass is 79.9. The quantitative estimate of drug-likeness (QED) is 0.841. The lowest BCUT2D eigenvalue weighted by atomic mass is 9.96. The number of hydrogen-bond donors (Lipinski definition) is 1. The molecule has 5 nitrogen and oxygen atoms in total. The molecule has 0 unspecified atom stereocenters. The molecule has 2 rings (SSSR count). The van der Waals surface area contributed by atoms with E-state index < -0.39 is 5.60 Å². The van der Waals surface area contributed by atoms with Gasteiger partial charge in [0.1, 0.15) is 5.60 Å². The van der Waals surface area contributed by atoms with E-state index in [1.165, 1.54) is 29.8 Å². The van der Waals surface area contributed by atoms with Crippen LogP contribution in [0.3, 0.4) is 0 Å². The molecule has 0 fully saturated rings. The summed E-state index contributed by atoms with van der Waals surface area (Å²) in [5, 5.41) is 8.28. The van der Waals surface area contributed by atoms with Crippen LogP contribution in [0.1, 0.15) is 50.6 Å². The summed E-state index contributed by atoms with van der Waals surface area (Å²) in [7, 11) is 0. The molecule has 21 heavy (non-hydrogen) atoms. The highest BCUT2D eigenvalue weighted by molar-refractivity contribution is 9.08. The summed E-state index contributed by atoms with van der Waals surface area (Å²) in [6, 6.07) is 0. The lowest BCUT2D eigenvalue weighted by Crippen LogP contribution is -2.34. The number of hydrogen-bond acceptors (Lipinski definition) is 3. The number of aromatic nitrogens is 2. The molecule has 0 radical (unpaired) electrons. The Morgan fingerprint density at radius 2 is 2.10 bits per heavy atom. The lowest BCUT2D eigenvalue weighted by molar-refractivity contribution is 0.0525. The van der Waals surface area contributed by atoms with Crippen molar-refractivity contribution in [1.82, 2.24) is 15.1 Å². The molecular weight excluding hydrogens is 334 g/mol. The Labute approximate surface area is 134 Å². The first-order chi connectivity index (χ1) is 9.90. The summed E-state index contributed by atoms with van der Waals surface area (Å²) in [4.78, 5) is 11.6. The first kappa shape index (κ1) is 16.3. The van der Waals surface area contributed by atoms with Gasteiger partial charge in [-0.1, -0.05) is 15.9 Å². The lowest BCUT2D eigenvalue weighted by Gasteiger charge is -2.19. The van der Waals surface area contributed by atoms with Crippen molar-refractivity contribution < 1.29 is 9.53 Å². The number of alkyl carbamates (subject to hydrolysis) is 1. The minimum atomic E-state index is -0.462. The fourth-order valence-corrected chi connectivity index (χ4v) is 3.21. The van der Waals surface area contributed by atoms with Crippen molar-refractivity contribution in [1.29, 1.82) is 0 Å². The zero-order valence-electron chi connectivity index (χ0n) is 13.0. The maximum atomic E-state index is 11.6. The van der Waals surface area contributed by atoms with Crippen LogP contribution in [-0.2, 0) is 29.5 Å². The van der Waals surface area contributed by atoms with E-state index in [9.17, 15) is 4.79 Å². The normalized spacial score (nSPS) is 14.7. The number of rotatable bonds is 4. The Morgan fingerprint density at radius 3 is 2.76 bits per heavy atom. The predicted octanol–water partition coefficient (Wildman–Crippen LogP) is 3.18. The third kappa shape index (κ3) is 4.46. The van der Waals surface area contributed by atoms with E-state index in [1.54, 1.807) is 0 Å². The van der Waals surface area contributed by atoms with Gasteiger partial charge < -0.3 is 10.1 Å². The number of ether oxygens (including phenoxy) is 1. The molecule has 0 spiro atoms. The summed E-state index contributed by atoms with van der Waals surface area (Å²) in [6.07, 6.45) is 4.29. The molecule has 1 aliphatic carbocycles. The maximum Gasteiger partial charge on any atom is 0.407 e. The van der Waals surface area contributed by atoms with Crippen molar-refractivity contribution in [2.24, 2.45) is 0 Å². The fourth-order valence-electron chi connectivity index (χ4n) is 2.59. The van der Waals surface area contributed by atoms with Gasteiger partial charge in [0.15, 0.2) is 0 Å². The summed E-state index contributed by atoms with van der Waals surface area (Å²) >= 11 is 3.55. The van der Waals surface area contributed by atoms with E-state index in [-0.39, 0.29) is 6.09 Å². The van der Waals surface area contributed by atoms with Crippen LogP contribution in [-0.4, -0.2) is 28.0 Å². The highest BCUT2D eigenvalue weighted by Crippen LogP contribution is 2.25. The number of carbonyl (C=O) groups excluding carboxylic acids is 1. The Bertz CT molecular complexity index is 506. The first-order valence-electron chi connectivity index (χ1n) is 7.51. The summed E-state index contributed by atoms with van der Waals surface area (Å²) < 4.78 is 7.24. The highest BCUT2D eigenvalue weighted by Gasteiger charge is 2.20. The number of nitrogens with one attached hydrogen (secondary N) is 1. The van der Waals surface area contributed by atoms with Gasteiger partial charge in [-0.15, -0.1) is 0 Å². The van der Waals surface area contributed by atoms with Gasteiger partial charge in [0.05, 0.1) is 17.9 Å². The van der Waals surface area contributed by atoms with Crippen LogP contribution in [0.15, 0.2) is 0 Å². The molecular formula is C15H24BrN3O2. The largest absolute Gasteiger partial charge is 0.444 e. The van der Waals surface area contributed by atoms with Crippen molar-refractivity contribution in [3.63, 3.8) is 0 Å². The molecule has 0 atom stereocenters. The van der Waals surface area contributed by atoms with Gasteiger partial charge in [0, 0.05) is 11.9 Å². The van der Waals surface area contributed by atoms with Gasteiger partial charge in [-0.05, 0) is 52.0 Å². The van der Waals surface area contributed by atoms with Gasteiger partial charge in [-0.3, -0.25) is 4.68 Å². The molecule has 0 saturated heterocycles. The number of alkyl halides is 1. The minimum absolute atomic E-state index is 0.375. The zero-order valence-corrected chi connectivity index (χ0v) is 14.6. The van der Waals surface area contributed by atoms with Crippen LogP contribution >= 0.6 is 15.9 Å². The summed E-state index contributed by atoms with van der Waals surface area (Å²) in [6.45, 7) is 6.77. The maximum absolute atomic E-state index is 11.6. The average Bonchev–Trinajstić information content (AvgIpc) is 2.74. The monoisotopic (exact) mass is 357 g/mol. The fraction of sp³-hybridized carbons (Fsp3) is 0.733. The molecule has 1 N–H and O–H groups in total. The van der Waals surface area contributed by atoms with Crippen LogP contribution in [0.4, 0.5) is 4.79 Å². The SMILES string of the molecule is CC(C)(C)OC(=O)NCCn1nc2c(c1CBr)CCCC2. The molecule has 0 bridgehead atoms. The summed E-state index contributed by atoms with van der Waals surface area (Å²) in [5.41, 5.74) is 3.41. The number of nitrogens with zero attached hydrogens (tertiary/aromatic N) is 2. The van der Waals surface area contributed by atoms with Gasteiger partial charge in [0.25, 0.3) is 0 Å². The van der Waals surface area contributed by atoms with Crippen LogP contribution in [0.25, 0.3) is 0 Å². The number of fused-ring (bicyclic) bond motifs is 1. The Balaban J connectivity index is 1.92. The number of halogens is 1. The second-order valence-corrected chi connectivity index (χ2v) is 6.93. The van der Waals surface area contributed by atoms with Crippen molar-refractivity contribution in [2.45, 2.75) is 63.9 Å². The zero-order chi connectivity index (χ0) is 15.5. The third-order valence-electron chi connectivity index (χ3n) is 3.46. The molecule has 6 heteroatoms. The Morgan fingerprint density at radius 1 is 1.38 bits per heavy atom. The Kier molecular flexibility index (Phi) is 5.30. The minimum Gasteiger partial charge on any atom is -0.444 e. The molecule has 0 saturated carbocycles. The smallest absolute Gasteiger partial charge is 0.407 e. The topological polar surface area (TPSA) is 56.1 Å². The van der Waals surface area contributed by atoms with Crippen molar-refractivity contribution in [2.75, 3.05) is 6.54 Å². The van der Waals surface area contributed by atoms with E-state index in [0.29, 0.717) is 13.1 Å². The summed E-state index contributed by atoms with van der Waals surface area (Å²) in [5.74, 6) is 0. The van der Waals surface area contributed by atoms with Crippen molar-refractivity contribution in [3.8, 4) is 0 Å². The van der Waals surface area contributed by atoms with Crippen LogP contribution in [0, 0.1) is 0 Å². The van der Waals surface area contributed by atoms with E-state index in [1.807, 2.05) is 25.5 Å². The molecule has 1 heterocycles. The second-order valence-electron chi connectivity index (χ2n) is 6.36. The molecule has 1 aliphatic rings. The molecule has 1 aromatic rings. The van der Waals surface area contributed by atoms with Crippen LogP contribution < -0.4 is 5.32 Å². The van der Waals surface area contributed by atoms with E-state index >= 15 is 0 Å². The van der Waals surface area contributed by atoms with E-state index in [4.69, 9.17) is 4.74 Å². The van der Waals surface area contributed by atoms with Crippen LogP contribution in [0.5, 0.6) is 0 Å². The molecule has 0 aliphatic heterocycles. The number of carbonyl (C=O) groups is 1. The molecule has 0 aromatic carbocycles. The van der Waals surface area contributed by atoms with Crippen molar-refractivity contribution in [3.05, 3.63) is 17.0 Å². The van der Waals surface area contributed by atoms with Gasteiger partial charge >= 0.3 is 6.09 Å². The number of amides is 1. The molecule has 1 aromatic heterocycles. The molecule has 1 amide bonds. The Hall–Kier alpha value is -1.04. The van der Waals surface area contributed by atoms with Gasteiger partial charge in [-0.25, -0.2) is 4.79 Å².